The second-order valence-corrected chi connectivity index (χ2v) is 4.73. The average Bonchev–Trinajstić information content (AvgIpc) is 2.47. The van der Waals surface area contributed by atoms with Crippen LogP contribution in [0.5, 0.6) is 5.75 Å². The van der Waals surface area contributed by atoms with Crippen molar-refractivity contribution in [2.75, 3.05) is 13.7 Å². The molecule has 0 radical (unpaired) electrons. The molecule has 1 atom stereocenters. The number of benzene rings is 2. The number of methoxy groups -OCH3 is 1. The molecule has 0 aliphatic carbocycles. The van der Waals surface area contributed by atoms with E-state index in [4.69, 9.17) is 4.74 Å². The summed E-state index contributed by atoms with van der Waals surface area (Å²) in [5.41, 5.74) is 3.02. The Bertz CT molecular complexity index is 583. The van der Waals surface area contributed by atoms with Gasteiger partial charge >= 0.3 is 0 Å². The van der Waals surface area contributed by atoms with Crippen molar-refractivity contribution in [2.45, 2.75) is 19.9 Å². The molecule has 0 aromatic heterocycles. The van der Waals surface area contributed by atoms with E-state index in [1.54, 1.807) is 13.2 Å². The van der Waals surface area contributed by atoms with Crippen LogP contribution in [-0.4, -0.2) is 13.7 Å². The summed E-state index contributed by atoms with van der Waals surface area (Å²) in [5.74, 6) is 0.588. The molecule has 20 heavy (non-hydrogen) atoms. The van der Waals surface area contributed by atoms with E-state index in [-0.39, 0.29) is 11.9 Å². The SMILES string of the molecule is CCNC(c1cc(F)ccc1C)c1ccccc1OC. The minimum Gasteiger partial charge on any atom is -0.496 e. The number of hydrogen-bond donors (Lipinski definition) is 1. The first-order valence-electron chi connectivity index (χ1n) is 6.79. The lowest BCUT2D eigenvalue weighted by Gasteiger charge is -2.23. The van der Waals surface area contributed by atoms with Crippen molar-refractivity contribution in [2.24, 2.45) is 0 Å². The first-order chi connectivity index (χ1) is 9.67. The van der Waals surface area contributed by atoms with Gasteiger partial charge < -0.3 is 10.1 Å². The summed E-state index contributed by atoms with van der Waals surface area (Å²) in [7, 11) is 1.65. The van der Waals surface area contributed by atoms with Crippen molar-refractivity contribution in [3.8, 4) is 5.75 Å². The Morgan fingerprint density at radius 2 is 1.90 bits per heavy atom. The number of halogens is 1. The fourth-order valence-corrected chi connectivity index (χ4v) is 2.42. The van der Waals surface area contributed by atoms with E-state index in [2.05, 4.69) is 5.32 Å². The summed E-state index contributed by atoms with van der Waals surface area (Å²) < 4.78 is 19.0. The monoisotopic (exact) mass is 273 g/mol. The van der Waals surface area contributed by atoms with E-state index in [1.807, 2.05) is 44.2 Å². The summed E-state index contributed by atoms with van der Waals surface area (Å²) >= 11 is 0. The van der Waals surface area contributed by atoms with Crippen LogP contribution < -0.4 is 10.1 Å². The van der Waals surface area contributed by atoms with Gasteiger partial charge in [0.25, 0.3) is 0 Å². The van der Waals surface area contributed by atoms with E-state index in [0.29, 0.717) is 0 Å². The van der Waals surface area contributed by atoms with Gasteiger partial charge in [0.1, 0.15) is 11.6 Å². The molecule has 0 saturated heterocycles. The lowest BCUT2D eigenvalue weighted by atomic mass is 9.94. The van der Waals surface area contributed by atoms with E-state index in [1.165, 1.54) is 6.07 Å². The quantitative estimate of drug-likeness (QED) is 0.893. The minimum absolute atomic E-state index is 0.0770. The highest BCUT2D eigenvalue weighted by Crippen LogP contribution is 2.31. The molecular weight excluding hydrogens is 253 g/mol. The molecule has 1 unspecified atom stereocenters. The number of para-hydroxylation sites is 1. The minimum atomic E-state index is -0.219. The molecule has 1 N–H and O–H groups in total. The van der Waals surface area contributed by atoms with Crippen LogP contribution >= 0.6 is 0 Å². The molecular formula is C17H20FNO. The molecule has 0 heterocycles. The maximum Gasteiger partial charge on any atom is 0.123 e. The summed E-state index contributed by atoms with van der Waals surface area (Å²) in [6.45, 7) is 4.82. The van der Waals surface area contributed by atoms with Gasteiger partial charge in [0, 0.05) is 5.56 Å². The lowest BCUT2D eigenvalue weighted by Crippen LogP contribution is -2.23. The number of rotatable bonds is 5. The van der Waals surface area contributed by atoms with E-state index < -0.39 is 0 Å². The average molecular weight is 273 g/mol. The van der Waals surface area contributed by atoms with Gasteiger partial charge in [-0.1, -0.05) is 31.2 Å². The number of ether oxygens (including phenoxy) is 1. The predicted molar refractivity (Wildman–Crippen MR) is 79.7 cm³/mol. The largest absolute Gasteiger partial charge is 0.496 e. The third-order valence-electron chi connectivity index (χ3n) is 3.41. The Balaban J connectivity index is 2.53. The summed E-state index contributed by atoms with van der Waals surface area (Å²) in [6, 6.07) is 12.7. The zero-order valence-corrected chi connectivity index (χ0v) is 12.1. The summed E-state index contributed by atoms with van der Waals surface area (Å²) in [6.07, 6.45) is 0. The van der Waals surface area contributed by atoms with Crippen LogP contribution in [0.3, 0.4) is 0 Å². The van der Waals surface area contributed by atoms with Crippen molar-refractivity contribution in [3.05, 3.63) is 65.0 Å². The lowest BCUT2D eigenvalue weighted by molar-refractivity contribution is 0.404. The van der Waals surface area contributed by atoms with E-state index in [0.717, 1.165) is 29.0 Å². The summed E-state index contributed by atoms with van der Waals surface area (Å²) in [4.78, 5) is 0. The third kappa shape index (κ3) is 2.99. The fourth-order valence-electron chi connectivity index (χ4n) is 2.42. The highest BCUT2D eigenvalue weighted by atomic mass is 19.1. The van der Waals surface area contributed by atoms with Crippen molar-refractivity contribution in [1.29, 1.82) is 0 Å². The fraction of sp³-hybridized carbons (Fsp3) is 0.294. The molecule has 0 saturated carbocycles. The Morgan fingerprint density at radius 3 is 2.60 bits per heavy atom. The van der Waals surface area contributed by atoms with E-state index in [9.17, 15) is 4.39 Å². The molecule has 106 valence electrons. The van der Waals surface area contributed by atoms with Crippen molar-refractivity contribution in [3.63, 3.8) is 0 Å². The van der Waals surface area contributed by atoms with Gasteiger partial charge in [-0.3, -0.25) is 0 Å². The highest BCUT2D eigenvalue weighted by Gasteiger charge is 2.19. The second-order valence-electron chi connectivity index (χ2n) is 4.73. The van der Waals surface area contributed by atoms with Crippen LogP contribution in [0, 0.1) is 12.7 Å². The maximum atomic E-state index is 13.6. The molecule has 0 amide bonds. The van der Waals surface area contributed by atoms with Gasteiger partial charge in [0.15, 0.2) is 0 Å². The van der Waals surface area contributed by atoms with Gasteiger partial charge in [-0.15, -0.1) is 0 Å². The second kappa shape index (κ2) is 6.53. The Morgan fingerprint density at radius 1 is 1.15 bits per heavy atom. The van der Waals surface area contributed by atoms with Gasteiger partial charge in [-0.2, -0.15) is 0 Å². The predicted octanol–water partition coefficient (Wildman–Crippen LogP) is 3.84. The Kier molecular flexibility index (Phi) is 4.74. The van der Waals surface area contributed by atoms with Crippen LogP contribution in [-0.2, 0) is 0 Å². The van der Waals surface area contributed by atoms with E-state index >= 15 is 0 Å². The highest BCUT2D eigenvalue weighted by molar-refractivity contribution is 5.44. The molecule has 0 aliphatic heterocycles. The maximum absolute atomic E-state index is 13.6. The van der Waals surface area contributed by atoms with Crippen molar-refractivity contribution < 1.29 is 9.13 Å². The standard InChI is InChI=1S/C17H20FNO/c1-4-19-17(14-7-5-6-8-16(14)20-3)15-11-13(18)10-9-12(15)2/h5-11,17,19H,4H2,1-3H3. The molecule has 0 fully saturated rings. The molecule has 0 aliphatic rings. The molecule has 2 nitrogen and oxygen atoms in total. The Labute approximate surface area is 119 Å². The van der Waals surface area contributed by atoms with Gasteiger partial charge in [0.2, 0.25) is 0 Å². The first-order valence-corrected chi connectivity index (χ1v) is 6.79. The molecule has 3 heteroatoms. The van der Waals surface area contributed by atoms with Crippen molar-refractivity contribution >= 4 is 0 Å². The number of hydrogen-bond acceptors (Lipinski definition) is 2. The van der Waals surface area contributed by atoms with Crippen molar-refractivity contribution in [1.82, 2.24) is 5.32 Å². The zero-order chi connectivity index (χ0) is 14.5. The topological polar surface area (TPSA) is 21.3 Å². The van der Waals surface area contributed by atoms with Crippen LogP contribution in [0.25, 0.3) is 0 Å². The molecule has 2 aromatic carbocycles. The van der Waals surface area contributed by atoms with Gasteiger partial charge in [-0.05, 0) is 42.8 Å². The molecule has 0 bridgehead atoms. The van der Waals surface area contributed by atoms with Crippen LogP contribution in [0.2, 0.25) is 0 Å². The third-order valence-corrected chi connectivity index (χ3v) is 3.41. The molecule has 0 spiro atoms. The smallest absolute Gasteiger partial charge is 0.123 e. The van der Waals surface area contributed by atoms with Gasteiger partial charge in [0.05, 0.1) is 13.2 Å². The summed E-state index contributed by atoms with van der Waals surface area (Å²) in [5, 5.41) is 3.41. The first kappa shape index (κ1) is 14.5. The zero-order valence-electron chi connectivity index (χ0n) is 12.1. The number of nitrogens with one attached hydrogen (secondary N) is 1. The molecule has 2 aromatic rings. The molecule has 2 rings (SSSR count). The van der Waals surface area contributed by atoms with Crippen LogP contribution in [0.1, 0.15) is 29.7 Å². The van der Waals surface area contributed by atoms with Gasteiger partial charge in [-0.25, -0.2) is 4.39 Å². The van der Waals surface area contributed by atoms with Crippen LogP contribution in [0.4, 0.5) is 4.39 Å². The normalized spacial score (nSPS) is 12.2. The van der Waals surface area contributed by atoms with Crippen LogP contribution in [0.15, 0.2) is 42.5 Å². The Hall–Kier alpha value is -1.87. The number of aryl methyl sites for hydroxylation is 1.